The van der Waals surface area contributed by atoms with E-state index in [2.05, 4.69) is 6.07 Å². The lowest BCUT2D eigenvalue weighted by Crippen LogP contribution is -1.73. The summed E-state index contributed by atoms with van der Waals surface area (Å²) in [6, 6.07) is 4.85. The van der Waals surface area contributed by atoms with E-state index in [9.17, 15) is 4.39 Å². The molecule has 3 heteroatoms. The maximum atomic E-state index is 12.3. The Morgan fingerprint density at radius 2 is 2.11 bits per heavy atom. The summed E-state index contributed by atoms with van der Waals surface area (Å²) in [5.74, 6) is -0.499. The third kappa shape index (κ3) is 1.57. The molecule has 0 unspecified atom stereocenters. The Kier molecular flexibility index (Phi) is 1.94. The lowest BCUT2D eigenvalue weighted by atomic mass is 10.3. The summed E-state index contributed by atoms with van der Waals surface area (Å²) in [5.41, 5.74) is 0. The van der Waals surface area contributed by atoms with Crippen molar-refractivity contribution in [3.8, 4) is 0 Å². The molecule has 0 atom stereocenters. The Labute approximate surface area is 62.2 Å². The summed E-state index contributed by atoms with van der Waals surface area (Å²) in [5, 5.41) is 0.347. The van der Waals surface area contributed by atoms with Crippen LogP contribution in [0.1, 0.15) is 0 Å². The number of hydrogen-bond acceptors (Lipinski definition) is 0. The van der Waals surface area contributed by atoms with Gasteiger partial charge in [-0.15, -0.1) is 0 Å². The van der Waals surface area contributed by atoms with Crippen LogP contribution in [0.2, 0.25) is 10.0 Å². The van der Waals surface area contributed by atoms with E-state index in [1.165, 1.54) is 6.07 Å². The van der Waals surface area contributed by atoms with Crippen LogP contribution in [0.5, 0.6) is 0 Å². The zero-order valence-corrected chi connectivity index (χ0v) is 5.80. The monoisotopic (exact) mass is 163 g/mol. The van der Waals surface area contributed by atoms with Crippen LogP contribution >= 0.6 is 23.2 Å². The van der Waals surface area contributed by atoms with Crippen molar-refractivity contribution in [1.82, 2.24) is 0 Å². The molecule has 0 saturated carbocycles. The summed E-state index contributed by atoms with van der Waals surface area (Å²) in [4.78, 5) is 0. The normalized spacial score (nSPS) is 9.67. The largest absolute Gasteiger partial charge is 0.205 e. The van der Waals surface area contributed by atoms with Crippen LogP contribution in [0.15, 0.2) is 12.1 Å². The predicted molar refractivity (Wildman–Crippen MR) is 35.3 cm³/mol. The van der Waals surface area contributed by atoms with Gasteiger partial charge in [-0.1, -0.05) is 23.2 Å². The molecule has 0 amide bonds. The molecule has 0 aliphatic heterocycles. The molecule has 0 spiro atoms. The maximum Gasteiger partial charge on any atom is 0.142 e. The smallest absolute Gasteiger partial charge is 0.142 e. The van der Waals surface area contributed by atoms with E-state index in [0.29, 0.717) is 5.02 Å². The lowest BCUT2D eigenvalue weighted by molar-refractivity contribution is 0.628. The fraction of sp³-hybridized carbons (Fsp3) is 0. The van der Waals surface area contributed by atoms with Crippen molar-refractivity contribution in [1.29, 1.82) is 0 Å². The summed E-state index contributed by atoms with van der Waals surface area (Å²) in [7, 11) is 0. The highest BCUT2D eigenvalue weighted by Gasteiger charge is 1.97. The minimum absolute atomic E-state index is 0.0266. The summed E-state index contributed by atoms with van der Waals surface area (Å²) in [6.07, 6.45) is 0. The maximum absolute atomic E-state index is 12.3. The highest BCUT2D eigenvalue weighted by atomic mass is 35.5. The van der Waals surface area contributed by atoms with Crippen molar-refractivity contribution in [2.75, 3.05) is 0 Å². The van der Waals surface area contributed by atoms with Gasteiger partial charge >= 0.3 is 0 Å². The zero-order chi connectivity index (χ0) is 6.85. The quantitative estimate of drug-likeness (QED) is 0.517. The number of hydrogen-bond donors (Lipinski definition) is 0. The molecule has 0 aliphatic rings. The first-order chi connectivity index (χ1) is 4.20. The van der Waals surface area contributed by atoms with Gasteiger partial charge in [0.25, 0.3) is 0 Å². The minimum Gasteiger partial charge on any atom is -0.205 e. The van der Waals surface area contributed by atoms with Crippen LogP contribution in [-0.2, 0) is 0 Å². The number of halogens is 3. The fourth-order valence-corrected chi connectivity index (χ4v) is 0.806. The van der Waals surface area contributed by atoms with Gasteiger partial charge in [-0.3, -0.25) is 0 Å². The first kappa shape index (κ1) is 6.84. The summed E-state index contributed by atoms with van der Waals surface area (Å²) in [6.45, 7) is 0. The van der Waals surface area contributed by atoms with Gasteiger partial charge in [0.1, 0.15) is 5.82 Å². The van der Waals surface area contributed by atoms with Crippen molar-refractivity contribution in [2.45, 2.75) is 0 Å². The summed E-state index contributed by atoms with van der Waals surface area (Å²) >= 11 is 10.7. The molecule has 0 fully saturated rings. The Morgan fingerprint density at radius 1 is 1.44 bits per heavy atom. The lowest BCUT2D eigenvalue weighted by Gasteiger charge is -1.90. The van der Waals surface area contributed by atoms with Crippen LogP contribution < -0.4 is 0 Å². The first-order valence-electron chi connectivity index (χ1n) is 2.22. The van der Waals surface area contributed by atoms with Gasteiger partial charge in [-0.05, 0) is 12.1 Å². The molecule has 0 heterocycles. The van der Waals surface area contributed by atoms with Crippen molar-refractivity contribution in [2.24, 2.45) is 0 Å². The van der Waals surface area contributed by atoms with Gasteiger partial charge < -0.3 is 0 Å². The highest BCUT2D eigenvalue weighted by molar-refractivity contribution is 6.34. The third-order valence-electron chi connectivity index (χ3n) is 0.818. The van der Waals surface area contributed by atoms with Gasteiger partial charge in [0.15, 0.2) is 0 Å². The van der Waals surface area contributed by atoms with E-state index in [1.807, 2.05) is 0 Å². The number of rotatable bonds is 0. The average molecular weight is 164 g/mol. The molecule has 0 aliphatic carbocycles. The Bertz CT molecular complexity index is 222. The third-order valence-corrected chi connectivity index (χ3v) is 1.33. The van der Waals surface area contributed by atoms with Gasteiger partial charge in [0, 0.05) is 6.07 Å². The topological polar surface area (TPSA) is 0 Å². The molecule has 1 radical (unpaired) electrons. The molecule has 1 aromatic carbocycles. The molecule has 9 heavy (non-hydrogen) atoms. The second-order valence-electron chi connectivity index (χ2n) is 1.48. The molecule has 0 N–H and O–H groups in total. The van der Waals surface area contributed by atoms with Crippen LogP contribution in [0.25, 0.3) is 0 Å². The molecule has 47 valence electrons. The highest BCUT2D eigenvalue weighted by Crippen LogP contribution is 2.18. The molecule has 1 aromatic rings. The van der Waals surface area contributed by atoms with Crippen molar-refractivity contribution < 1.29 is 4.39 Å². The fourth-order valence-electron chi connectivity index (χ4n) is 0.423. The van der Waals surface area contributed by atoms with E-state index in [-0.39, 0.29) is 5.02 Å². The second kappa shape index (κ2) is 2.54. The number of benzene rings is 1. The van der Waals surface area contributed by atoms with Crippen LogP contribution in [-0.4, -0.2) is 0 Å². The van der Waals surface area contributed by atoms with Gasteiger partial charge in [0.05, 0.1) is 10.0 Å². The SMILES string of the molecule is Fc1c[c]c(Cl)cc1Cl. The molecule has 0 saturated heterocycles. The molecule has 0 aromatic heterocycles. The minimum atomic E-state index is -0.499. The van der Waals surface area contributed by atoms with Gasteiger partial charge in [-0.25, -0.2) is 4.39 Å². The average Bonchev–Trinajstić information content (AvgIpc) is 1.80. The summed E-state index contributed by atoms with van der Waals surface area (Å²) < 4.78 is 12.3. The Morgan fingerprint density at radius 3 is 2.56 bits per heavy atom. The van der Waals surface area contributed by atoms with Gasteiger partial charge in [0.2, 0.25) is 0 Å². The van der Waals surface area contributed by atoms with E-state index >= 15 is 0 Å². The van der Waals surface area contributed by atoms with Crippen molar-refractivity contribution in [3.63, 3.8) is 0 Å². The molecule has 1 rings (SSSR count). The first-order valence-corrected chi connectivity index (χ1v) is 2.98. The van der Waals surface area contributed by atoms with E-state index in [0.717, 1.165) is 6.07 Å². The molecular formula is C6H2Cl2F. The van der Waals surface area contributed by atoms with E-state index in [1.54, 1.807) is 0 Å². The molecular weight excluding hydrogens is 162 g/mol. The Hall–Kier alpha value is -0.270. The second-order valence-corrected chi connectivity index (χ2v) is 2.29. The van der Waals surface area contributed by atoms with E-state index < -0.39 is 5.82 Å². The van der Waals surface area contributed by atoms with Gasteiger partial charge in [-0.2, -0.15) is 0 Å². The van der Waals surface area contributed by atoms with Crippen molar-refractivity contribution >= 4 is 23.2 Å². The van der Waals surface area contributed by atoms with Crippen LogP contribution in [0.4, 0.5) is 4.39 Å². The van der Waals surface area contributed by atoms with Crippen molar-refractivity contribution in [3.05, 3.63) is 34.1 Å². The Balaban J connectivity index is 3.17. The van der Waals surface area contributed by atoms with Crippen LogP contribution in [0, 0.1) is 11.9 Å². The van der Waals surface area contributed by atoms with Crippen LogP contribution in [0.3, 0.4) is 0 Å². The van der Waals surface area contributed by atoms with E-state index in [4.69, 9.17) is 23.2 Å². The standard InChI is InChI=1S/C6H2Cl2F/c7-4-1-2-6(9)5(8)3-4/h2-3H. The molecule has 0 nitrogen and oxygen atoms in total. The molecule has 0 bridgehead atoms. The zero-order valence-electron chi connectivity index (χ0n) is 4.29. The predicted octanol–water partition coefficient (Wildman–Crippen LogP) is 2.93.